The second-order valence-corrected chi connectivity index (χ2v) is 9.43. The summed E-state index contributed by atoms with van der Waals surface area (Å²) in [5.41, 5.74) is -1.82. The van der Waals surface area contributed by atoms with Crippen LogP contribution in [-0.2, 0) is 14.8 Å². The first-order valence-corrected chi connectivity index (χ1v) is 9.25. The number of nitrogens with zero attached hydrogens (tertiary/aromatic N) is 1. The largest absolute Gasteiger partial charge is 0.412 e. The molecule has 8 heteroatoms. The predicted molar refractivity (Wildman–Crippen MR) is 77.8 cm³/mol. The molecule has 1 heterocycles. The summed E-state index contributed by atoms with van der Waals surface area (Å²) in [6.45, 7) is 4.82. The molecule has 1 saturated heterocycles. The number of carbonyl (C=O) groups excluding carboxylic acids is 1. The van der Waals surface area contributed by atoms with Gasteiger partial charge in [-0.2, -0.15) is 13.2 Å². The summed E-state index contributed by atoms with van der Waals surface area (Å²) < 4.78 is 63.7. The zero-order valence-electron chi connectivity index (χ0n) is 13.3. The van der Waals surface area contributed by atoms with Crippen LogP contribution >= 0.6 is 0 Å². The first kappa shape index (κ1) is 16.8. The van der Waals surface area contributed by atoms with Gasteiger partial charge in [-0.15, -0.1) is 0 Å². The maximum Gasteiger partial charge on any atom is 0.412 e. The van der Waals surface area contributed by atoms with Crippen LogP contribution < -0.4 is 0 Å². The molecule has 3 atom stereocenters. The zero-order valence-corrected chi connectivity index (χ0v) is 14.1. The van der Waals surface area contributed by atoms with Gasteiger partial charge in [0.2, 0.25) is 10.0 Å². The van der Waals surface area contributed by atoms with Crippen molar-refractivity contribution in [3.63, 3.8) is 0 Å². The lowest BCUT2D eigenvalue weighted by Gasteiger charge is -2.36. The maximum atomic E-state index is 12.6. The predicted octanol–water partition coefficient (Wildman–Crippen LogP) is 2.86. The van der Waals surface area contributed by atoms with Crippen molar-refractivity contribution in [3.05, 3.63) is 11.6 Å². The molecule has 3 rings (SSSR count). The fraction of sp³-hybridized carbons (Fsp3) is 0.800. The van der Waals surface area contributed by atoms with Crippen LogP contribution in [0.2, 0.25) is 0 Å². The van der Waals surface area contributed by atoms with E-state index in [2.05, 4.69) is 0 Å². The monoisotopic (exact) mass is 351 g/mol. The van der Waals surface area contributed by atoms with Crippen molar-refractivity contribution >= 4 is 15.9 Å². The average Bonchev–Trinajstić information content (AvgIpc) is 2.83. The molecule has 0 unspecified atom stereocenters. The van der Waals surface area contributed by atoms with Crippen molar-refractivity contribution in [3.8, 4) is 0 Å². The average molecular weight is 351 g/mol. The second-order valence-electron chi connectivity index (χ2n) is 7.58. The van der Waals surface area contributed by atoms with Crippen LogP contribution in [0, 0.1) is 16.7 Å². The molecule has 3 fully saturated rings. The Kier molecular flexibility index (Phi) is 3.30. The summed E-state index contributed by atoms with van der Waals surface area (Å²) in [6.07, 6.45) is -2.05. The van der Waals surface area contributed by atoms with Crippen LogP contribution in [0.5, 0.6) is 0 Å². The summed E-state index contributed by atoms with van der Waals surface area (Å²) in [6, 6.07) is -0.508. The Balaban J connectivity index is 2.00. The van der Waals surface area contributed by atoms with Crippen molar-refractivity contribution in [2.24, 2.45) is 16.7 Å². The molecule has 130 valence electrons. The van der Waals surface area contributed by atoms with Gasteiger partial charge in [-0.3, -0.25) is 4.79 Å². The van der Waals surface area contributed by atoms with E-state index >= 15 is 0 Å². The molecule has 0 aromatic rings. The van der Waals surface area contributed by atoms with Gasteiger partial charge in [0, 0.05) is 17.1 Å². The van der Waals surface area contributed by atoms with E-state index in [4.69, 9.17) is 0 Å². The highest BCUT2D eigenvalue weighted by Crippen LogP contribution is 2.69. The Bertz CT molecular complexity index is 695. The third-order valence-electron chi connectivity index (χ3n) is 6.42. The lowest BCUT2D eigenvalue weighted by Crippen LogP contribution is -2.43. The number of alkyl halides is 3. The molecule has 2 aliphatic carbocycles. The molecule has 0 N–H and O–H groups in total. The molecule has 1 spiro atoms. The van der Waals surface area contributed by atoms with Gasteiger partial charge in [0.05, 0.1) is 11.8 Å². The Morgan fingerprint density at radius 1 is 1.30 bits per heavy atom. The van der Waals surface area contributed by atoms with Crippen LogP contribution in [0.3, 0.4) is 0 Å². The number of fused-ring (bicyclic) bond motifs is 1. The molecule has 0 aromatic carbocycles. The minimum atomic E-state index is -4.63. The normalized spacial score (nSPS) is 38.0. The van der Waals surface area contributed by atoms with E-state index < -0.39 is 39.1 Å². The van der Waals surface area contributed by atoms with Gasteiger partial charge >= 0.3 is 6.18 Å². The maximum absolute atomic E-state index is 12.6. The fourth-order valence-corrected chi connectivity index (χ4v) is 7.41. The van der Waals surface area contributed by atoms with Crippen LogP contribution in [0.25, 0.3) is 0 Å². The number of sulfonamides is 1. The third-order valence-corrected chi connectivity index (χ3v) is 8.33. The number of allylic oxidation sites excluding steroid dienone is 1. The topological polar surface area (TPSA) is 54.5 Å². The summed E-state index contributed by atoms with van der Waals surface area (Å²) in [7, 11) is -3.88. The molecular formula is C15H20F3NO3S. The van der Waals surface area contributed by atoms with E-state index in [9.17, 15) is 26.4 Å². The molecule has 2 saturated carbocycles. The van der Waals surface area contributed by atoms with E-state index in [1.165, 1.54) is 0 Å². The highest BCUT2D eigenvalue weighted by Gasteiger charge is 2.72. The first-order valence-electron chi connectivity index (χ1n) is 7.64. The Hall–Kier alpha value is -1.05. The van der Waals surface area contributed by atoms with E-state index in [0.717, 1.165) is 17.6 Å². The molecule has 4 nitrogen and oxygen atoms in total. The van der Waals surface area contributed by atoms with Gasteiger partial charge < -0.3 is 0 Å². The number of hydrogen-bond donors (Lipinski definition) is 0. The third kappa shape index (κ3) is 2.09. The number of rotatable bonds is 1. The van der Waals surface area contributed by atoms with Crippen molar-refractivity contribution in [2.45, 2.75) is 52.3 Å². The van der Waals surface area contributed by atoms with E-state index in [0.29, 0.717) is 24.8 Å². The van der Waals surface area contributed by atoms with E-state index in [1.807, 2.05) is 13.8 Å². The van der Waals surface area contributed by atoms with Crippen LogP contribution in [-0.4, -0.2) is 36.6 Å². The van der Waals surface area contributed by atoms with Gasteiger partial charge in [-0.05, 0) is 37.5 Å². The standard InChI is InChI=1S/C15H20F3NO3S/c1-9(15(16,17)18)6-12(20)19-11-7-10-4-5-14(11,13(10,2)3)8-23(19,21)22/h6,10-11H,4-5,7-8H2,1-3H3/b9-6-/t10-,11-,14-/m1/s1. The molecule has 3 aliphatic rings. The molecule has 23 heavy (non-hydrogen) atoms. The second kappa shape index (κ2) is 4.52. The molecule has 1 aliphatic heterocycles. The molecule has 2 bridgehead atoms. The van der Waals surface area contributed by atoms with Gasteiger partial charge in [0.1, 0.15) is 0 Å². The lowest BCUT2D eigenvalue weighted by atomic mass is 9.69. The SMILES string of the molecule is C/C(=C/C(=O)N1[C@@H]2C[C@H]3CC[C@]2(CS1(=O)=O)C3(C)C)C(F)(F)F. The Morgan fingerprint density at radius 2 is 1.91 bits per heavy atom. The Labute approximate surface area is 133 Å². The smallest absolute Gasteiger partial charge is 0.269 e. The fourth-order valence-electron chi connectivity index (χ4n) is 4.91. The molecular weight excluding hydrogens is 331 g/mol. The number of amides is 1. The summed E-state index contributed by atoms with van der Waals surface area (Å²) in [5.74, 6) is -0.894. The van der Waals surface area contributed by atoms with Gasteiger partial charge in [-0.1, -0.05) is 13.8 Å². The van der Waals surface area contributed by atoms with Gasteiger partial charge in [-0.25, -0.2) is 12.7 Å². The van der Waals surface area contributed by atoms with Crippen molar-refractivity contribution in [1.82, 2.24) is 4.31 Å². The quantitative estimate of drug-likeness (QED) is 0.683. The van der Waals surface area contributed by atoms with Gasteiger partial charge in [0.25, 0.3) is 5.91 Å². The van der Waals surface area contributed by atoms with Crippen LogP contribution in [0.4, 0.5) is 13.2 Å². The summed E-state index contributed by atoms with van der Waals surface area (Å²) in [4.78, 5) is 12.3. The van der Waals surface area contributed by atoms with E-state index in [-0.39, 0.29) is 11.2 Å². The van der Waals surface area contributed by atoms with Crippen LogP contribution in [0.1, 0.15) is 40.0 Å². The number of halogens is 3. The molecule has 1 amide bonds. The Morgan fingerprint density at radius 3 is 2.43 bits per heavy atom. The number of carbonyl (C=O) groups is 1. The highest BCUT2D eigenvalue weighted by atomic mass is 32.2. The summed E-state index contributed by atoms with van der Waals surface area (Å²) >= 11 is 0. The molecule has 0 radical (unpaired) electrons. The van der Waals surface area contributed by atoms with Crippen molar-refractivity contribution in [2.75, 3.05) is 5.75 Å². The zero-order chi connectivity index (χ0) is 17.4. The highest BCUT2D eigenvalue weighted by molar-refractivity contribution is 7.90. The van der Waals surface area contributed by atoms with Crippen molar-refractivity contribution in [1.29, 1.82) is 0 Å². The lowest BCUT2D eigenvalue weighted by molar-refractivity contribution is -0.125. The molecule has 0 aromatic heterocycles. The van der Waals surface area contributed by atoms with Gasteiger partial charge in [0.15, 0.2) is 0 Å². The van der Waals surface area contributed by atoms with E-state index in [1.54, 1.807) is 0 Å². The van der Waals surface area contributed by atoms with Crippen molar-refractivity contribution < 1.29 is 26.4 Å². The first-order chi connectivity index (χ1) is 10.3. The number of hydrogen-bond acceptors (Lipinski definition) is 3. The minimum absolute atomic E-state index is 0.140. The summed E-state index contributed by atoms with van der Waals surface area (Å²) in [5, 5.41) is 0. The van der Waals surface area contributed by atoms with Crippen LogP contribution in [0.15, 0.2) is 11.6 Å². The minimum Gasteiger partial charge on any atom is -0.269 e.